The van der Waals surface area contributed by atoms with Gasteiger partial charge in [-0.3, -0.25) is 10.1 Å². The zero-order valence-corrected chi connectivity index (χ0v) is 8.65. The van der Waals surface area contributed by atoms with Crippen molar-refractivity contribution in [3.05, 3.63) is 17.7 Å². The van der Waals surface area contributed by atoms with E-state index in [0.29, 0.717) is 6.20 Å². The summed E-state index contributed by atoms with van der Waals surface area (Å²) in [5.41, 5.74) is -1.02. The third kappa shape index (κ3) is 2.47. The second-order valence-electron chi connectivity index (χ2n) is 3.34. The summed E-state index contributed by atoms with van der Waals surface area (Å²) in [6, 6.07) is -0.737. The number of hydrazone groups is 1. The Morgan fingerprint density at radius 3 is 2.67 bits per heavy atom. The van der Waals surface area contributed by atoms with Gasteiger partial charge in [0.25, 0.3) is 0 Å². The molecule has 0 bridgehead atoms. The predicted octanol–water partition coefficient (Wildman–Crippen LogP) is 0.314. The van der Waals surface area contributed by atoms with Gasteiger partial charge in [-0.15, -0.1) is 0 Å². The standard InChI is InChI=1S/C8H6F3N5O2/c9-8(10,11)4-1-12-5(14-4)2-13-16-3-6(17)15-7(16)18/h1-2H,3H2,(H,12,14)(H,15,17,18)/b13-2+. The molecule has 0 atom stereocenters. The van der Waals surface area contributed by atoms with Gasteiger partial charge < -0.3 is 4.98 Å². The van der Waals surface area contributed by atoms with Crippen LogP contribution in [0.5, 0.6) is 0 Å². The molecular formula is C8H6F3N5O2. The number of urea groups is 1. The molecule has 2 N–H and O–H groups in total. The van der Waals surface area contributed by atoms with Crippen LogP contribution in [0.4, 0.5) is 18.0 Å². The molecule has 3 amide bonds. The van der Waals surface area contributed by atoms with Gasteiger partial charge in [0.1, 0.15) is 12.2 Å². The third-order valence-electron chi connectivity index (χ3n) is 1.99. The average molecular weight is 261 g/mol. The van der Waals surface area contributed by atoms with Crippen LogP contribution in [0.25, 0.3) is 0 Å². The molecule has 0 unspecified atom stereocenters. The summed E-state index contributed by atoms with van der Waals surface area (Å²) in [4.78, 5) is 27.2. The van der Waals surface area contributed by atoms with Crippen molar-refractivity contribution in [2.24, 2.45) is 5.10 Å². The van der Waals surface area contributed by atoms with Gasteiger partial charge in [-0.1, -0.05) is 0 Å². The molecule has 96 valence electrons. The molecule has 1 aromatic rings. The van der Waals surface area contributed by atoms with Crippen molar-refractivity contribution in [1.29, 1.82) is 0 Å². The van der Waals surface area contributed by atoms with Gasteiger partial charge in [0, 0.05) is 0 Å². The summed E-state index contributed by atoms with van der Waals surface area (Å²) in [5.74, 6) is -0.706. The summed E-state index contributed by atoms with van der Waals surface area (Å²) < 4.78 is 36.7. The van der Waals surface area contributed by atoms with Gasteiger partial charge in [-0.2, -0.15) is 18.3 Å². The van der Waals surface area contributed by atoms with Crippen LogP contribution in [-0.4, -0.2) is 39.7 Å². The van der Waals surface area contributed by atoms with Crippen molar-refractivity contribution < 1.29 is 22.8 Å². The van der Waals surface area contributed by atoms with Crippen LogP contribution in [-0.2, 0) is 11.0 Å². The second kappa shape index (κ2) is 4.13. The van der Waals surface area contributed by atoms with E-state index >= 15 is 0 Å². The molecule has 0 saturated carbocycles. The minimum Gasteiger partial charge on any atom is -0.334 e. The van der Waals surface area contributed by atoms with Crippen LogP contribution in [0.3, 0.4) is 0 Å². The van der Waals surface area contributed by atoms with Crippen molar-refractivity contribution >= 4 is 18.2 Å². The molecular weight excluding hydrogens is 255 g/mol. The topological polar surface area (TPSA) is 90.5 Å². The highest BCUT2D eigenvalue weighted by molar-refractivity contribution is 6.02. The monoisotopic (exact) mass is 261 g/mol. The number of imidazole rings is 1. The van der Waals surface area contributed by atoms with Crippen molar-refractivity contribution in [1.82, 2.24) is 20.3 Å². The third-order valence-corrected chi connectivity index (χ3v) is 1.99. The van der Waals surface area contributed by atoms with E-state index in [-0.39, 0.29) is 12.4 Å². The van der Waals surface area contributed by atoms with Crippen molar-refractivity contribution in [3.8, 4) is 0 Å². The molecule has 1 fully saturated rings. The Balaban J connectivity index is 2.08. The summed E-state index contributed by atoms with van der Waals surface area (Å²) in [6.07, 6.45) is -3.00. The Morgan fingerprint density at radius 1 is 1.44 bits per heavy atom. The van der Waals surface area contributed by atoms with Gasteiger partial charge in [0.15, 0.2) is 5.82 Å². The number of carbonyl (C=O) groups excluding carboxylic acids is 2. The molecule has 1 aromatic heterocycles. The zero-order chi connectivity index (χ0) is 13.3. The van der Waals surface area contributed by atoms with Crippen LogP contribution in [0.1, 0.15) is 11.5 Å². The fraction of sp³-hybridized carbons (Fsp3) is 0.250. The lowest BCUT2D eigenvalue weighted by atomic mass is 10.5. The molecule has 0 aromatic carbocycles. The molecule has 10 heteroatoms. The van der Waals surface area contributed by atoms with E-state index in [2.05, 4.69) is 10.1 Å². The summed E-state index contributed by atoms with van der Waals surface area (Å²) in [6.45, 7) is -0.276. The highest BCUT2D eigenvalue weighted by Gasteiger charge is 2.33. The molecule has 2 heterocycles. The Bertz CT molecular complexity index is 521. The first-order chi connectivity index (χ1) is 8.36. The second-order valence-corrected chi connectivity index (χ2v) is 3.34. The number of aromatic nitrogens is 2. The number of amides is 3. The Labute approximate surface area is 97.7 Å². The lowest BCUT2D eigenvalue weighted by molar-refractivity contribution is -0.140. The van der Waals surface area contributed by atoms with Crippen LogP contribution in [0.15, 0.2) is 11.3 Å². The summed E-state index contributed by atoms with van der Waals surface area (Å²) >= 11 is 0. The van der Waals surface area contributed by atoms with E-state index in [1.807, 2.05) is 10.3 Å². The molecule has 18 heavy (non-hydrogen) atoms. The van der Waals surface area contributed by atoms with E-state index in [4.69, 9.17) is 0 Å². The molecule has 1 saturated heterocycles. The van der Waals surface area contributed by atoms with Crippen LogP contribution in [0.2, 0.25) is 0 Å². The molecule has 0 aliphatic carbocycles. The highest BCUT2D eigenvalue weighted by Crippen LogP contribution is 2.26. The van der Waals surface area contributed by atoms with Gasteiger partial charge in [0.05, 0.1) is 12.4 Å². The van der Waals surface area contributed by atoms with E-state index in [9.17, 15) is 22.8 Å². The number of aromatic amines is 1. The maximum absolute atomic E-state index is 12.2. The van der Waals surface area contributed by atoms with Gasteiger partial charge >= 0.3 is 12.2 Å². The van der Waals surface area contributed by atoms with Crippen molar-refractivity contribution in [3.63, 3.8) is 0 Å². The average Bonchev–Trinajstić information content (AvgIpc) is 2.81. The van der Waals surface area contributed by atoms with Gasteiger partial charge in [-0.05, 0) is 0 Å². The summed E-state index contributed by atoms with van der Waals surface area (Å²) in [5, 5.41) is 6.27. The van der Waals surface area contributed by atoms with E-state index < -0.39 is 23.8 Å². The number of nitrogens with zero attached hydrogens (tertiary/aromatic N) is 3. The largest absolute Gasteiger partial charge is 0.432 e. The van der Waals surface area contributed by atoms with Gasteiger partial charge in [0.2, 0.25) is 5.91 Å². The zero-order valence-electron chi connectivity index (χ0n) is 8.65. The number of halogens is 3. The predicted molar refractivity (Wildman–Crippen MR) is 51.4 cm³/mol. The molecule has 0 radical (unpaired) electrons. The number of hydrogen-bond donors (Lipinski definition) is 2. The number of carbonyl (C=O) groups is 2. The highest BCUT2D eigenvalue weighted by atomic mass is 19.4. The van der Waals surface area contributed by atoms with Crippen LogP contribution in [0, 0.1) is 0 Å². The van der Waals surface area contributed by atoms with E-state index in [0.717, 1.165) is 11.2 Å². The lowest BCUT2D eigenvalue weighted by Gasteiger charge is -2.03. The smallest absolute Gasteiger partial charge is 0.334 e. The van der Waals surface area contributed by atoms with Crippen LogP contribution >= 0.6 is 0 Å². The molecule has 1 aliphatic rings. The Kier molecular flexibility index (Phi) is 2.77. The van der Waals surface area contributed by atoms with Crippen molar-refractivity contribution in [2.75, 3.05) is 6.54 Å². The quantitative estimate of drug-likeness (QED) is 0.593. The number of H-pyrrole nitrogens is 1. The number of hydrogen-bond acceptors (Lipinski definition) is 4. The maximum Gasteiger partial charge on any atom is 0.432 e. The Morgan fingerprint density at radius 2 is 2.17 bits per heavy atom. The lowest BCUT2D eigenvalue weighted by Crippen LogP contribution is -2.24. The molecule has 2 rings (SSSR count). The minimum absolute atomic E-state index is 0.172. The maximum atomic E-state index is 12.2. The first-order valence-corrected chi connectivity index (χ1v) is 4.64. The molecule has 1 aliphatic heterocycles. The van der Waals surface area contributed by atoms with Crippen LogP contribution < -0.4 is 5.32 Å². The molecule has 0 spiro atoms. The number of alkyl halides is 3. The number of rotatable bonds is 2. The van der Waals surface area contributed by atoms with E-state index in [1.165, 1.54) is 0 Å². The Hall–Kier alpha value is -2.39. The van der Waals surface area contributed by atoms with Gasteiger partial charge in [-0.25, -0.2) is 14.8 Å². The van der Waals surface area contributed by atoms with Crippen molar-refractivity contribution in [2.45, 2.75) is 6.18 Å². The SMILES string of the molecule is O=C1CN(/N=C/c2ncc(C(F)(F)F)[nH]2)C(=O)N1. The number of imide groups is 1. The fourth-order valence-corrected chi connectivity index (χ4v) is 1.20. The number of nitrogens with one attached hydrogen (secondary N) is 2. The molecule has 7 nitrogen and oxygen atoms in total. The normalized spacial score (nSPS) is 16.7. The minimum atomic E-state index is -4.53. The fourth-order valence-electron chi connectivity index (χ4n) is 1.20. The summed E-state index contributed by atoms with van der Waals surface area (Å²) in [7, 11) is 0. The van der Waals surface area contributed by atoms with E-state index in [1.54, 1.807) is 0 Å². The first kappa shape index (κ1) is 12.1. The first-order valence-electron chi connectivity index (χ1n) is 4.64.